The summed E-state index contributed by atoms with van der Waals surface area (Å²) in [5.41, 5.74) is 7.62. The molecule has 0 spiro atoms. The highest BCUT2D eigenvalue weighted by molar-refractivity contribution is 7.92. The van der Waals surface area contributed by atoms with Gasteiger partial charge >= 0.3 is 0 Å². The molecule has 3 atom stereocenters. The third-order valence-corrected chi connectivity index (χ3v) is 6.55. The average molecular weight is 321 g/mol. The Morgan fingerprint density at radius 2 is 1.95 bits per heavy atom. The molecular weight excluding hydrogens is 298 g/mol. The van der Waals surface area contributed by atoms with Crippen LogP contribution in [0.15, 0.2) is 30.3 Å². The van der Waals surface area contributed by atoms with E-state index in [1.54, 1.807) is 6.08 Å². The van der Waals surface area contributed by atoms with E-state index in [9.17, 15) is 8.42 Å². The Balaban J connectivity index is 1.63. The van der Waals surface area contributed by atoms with Crippen molar-refractivity contribution in [3.63, 3.8) is 0 Å². The number of nitrogens with one attached hydrogen (secondary N) is 2. The average Bonchev–Trinajstić information content (AvgIpc) is 3.10. The van der Waals surface area contributed by atoms with Crippen molar-refractivity contribution in [3.8, 4) is 0 Å². The lowest BCUT2D eigenvalue weighted by Gasteiger charge is -2.17. The minimum absolute atomic E-state index is 0.0759. The van der Waals surface area contributed by atoms with Crippen molar-refractivity contribution in [3.05, 3.63) is 41.5 Å². The van der Waals surface area contributed by atoms with Crippen molar-refractivity contribution >= 4 is 15.9 Å². The van der Waals surface area contributed by atoms with E-state index in [-0.39, 0.29) is 11.7 Å². The molecule has 0 bridgehead atoms. The van der Waals surface area contributed by atoms with Crippen LogP contribution in [0.5, 0.6) is 0 Å². The topological polar surface area (TPSA) is 84.2 Å². The van der Waals surface area contributed by atoms with Crippen LogP contribution in [0.4, 0.5) is 0 Å². The summed E-state index contributed by atoms with van der Waals surface area (Å²) in [4.78, 5) is 0. The number of sulfone groups is 1. The van der Waals surface area contributed by atoms with Crippen LogP contribution in [-0.2, 0) is 16.4 Å². The van der Waals surface area contributed by atoms with E-state index in [1.165, 1.54) is 0 Å². The highest BCUT2D eigenvalue weighted by atomic mass is 32.2. The molecule has 2 aliphatic heterocycles. The second kappa shape index (κ2) is 6.50. The zero-order valence-corrected chi connectivity index (χ0v) is 13.4. The van der Waals surface area contributed by atoms with Gasteiger partial charge in [-0.15, -0.1) is 0 Å². The molecule has 0 saturated carbocycles. The van der Waals surface area contributed by atoms with Crippen LogP contribution in [0.1, 0.15) is 11.1 Å². The van der Waals surface area contributed by atoms with Gasteiger partial charge in [-0.3, -0.25) is 0 Å². The molecule has 2 saturated heterocycles. The molecule has 0 aliphatic carbocycles. The molecule has 1 aromatic rings. The maximum atomic E-state index is 12.5. The van der Waals surface area contributed by atoms with Gasteiger partial charge in [-0.05, 0) is 23.6 Å². The largest absolute Gasteiger partial charge is 0.326 e. The lowest BCUT2D eigenvalue weighted by molar-refractivity contribution is 0.491. The van der Waals surface area contributed by atoms with Gasteiger partial charge in [0.05, 0.1) is 5.75 Å². The molecule has 5 nitrogen and oxygen atoms in total. The van der Waals surface area contributed by atoms with Gasteiger partial charge in [0.15, 0.2) is 9.84 Å². The quantitative estimate of drug-likeness (QED) is 0.728. The van der Waals surface area contributed by atoms with Crippen LogP contribution in [0, 0.1) is 11.8 Å². The molecule has 120 valence electrons. The third-order valence-electron chi connectivity index (χ3n) is 4.60. The fourth-order valence-electron chi connectivity index (χ4n) is 3.33. The lowest BCUT2D eigenvalue weighted by Crippen LogP contribution is -2.39. The maximum absolute atomic E-state index is 12.5. The van der Waals surface area contributed by atoms with Crippen LogP contribution >= 0.6 is 0 Å². The molecule has 2 fully saturated rings. The molecule has 1 aromatic carbocycles. The standard InChI is InChI=1S/C16H23N3O2S/c17-8-13-5-3-12(4-6-13)2-1-7-22(20,21)16-15-11-18-9-14(15)10-19-16/h1-6,14-16,18-19H,7-11,17H2. The van der Waals surface area contributed by atoms with Gasteiger partial charge in [-0.25, -0.2) is 8.42 Å². The fraction of sp³-hybridized carbons (Fsp3) is 0.500. The van der Waals surface area contributed by atoms with E-state index in [2.05, 4.69) is 10.6 Å². The molecule has 22 heavy (non-hydrogen) atoms. The SMILES string of the molecule is NCc1ccc(C=CCS(=O)(=O)C2NCC3CNCC32)cc1. The first kappa shape index (κ1) is 15.7. The molecular formula is C16H23N3O2S. The number of nitrogens with two attached hydrogens (primary N) is 1. The smallest absolute Gasteiger partial charge is 0.170 e. The summed E-state index contributed by atoms with van der Waals surface area (Å²) < 4.78 is 25.0. The van der Waals surface area contributed by atoms with Gasteiger partial charge in [-0.2, -0.15) is 0 Å². The Kier molecular flexibility index (Phi) is 4.63. The molecule has 0 amide bonds. The molecule has 3 unspecified atom stereocenters. The van der Waals surface area contributed by atoms with Crippen molar-refractivity contribution in [2.75, 3.05) is 25.4 Å². The maximum Gasteiger partial charge on any atom is 0.170 e. The van der Waals surface area contributed by atoms with E-state index in [1.807, 2.05) is 30.3 Å². The summed E-state index contributed by atoms with van der Waals surface area (Å²) in [6.45, 7) is 3.03. The first-order valence-corrected chi connectivity index (χ1v) is 9.43. The fourth-order valence-corrected chi connectivity index (χ4v) is 5.10. The zero-order valence-electron chi connectivity index (χ0n) is 12.5. The van der Waals surface area contributed by atoms with Crippen molar-refractivity contribution in [2.45, 2.75) is 11.9 Å². The number of fused-ring (bicyclic) bond motifs is 1. The molecule has 0 radical (unpaired) electrons. The second-order valence-electron chi connectivity index (χ2n) is 6.09. The van der Waals surface area contributed by atoms with E-state index in [4.69, 9.17) is 5.73 Å². The predicted octanol–water partition coefficient (Wildman–Crippen LogP) is 0.338. The minimum atomic E-state index is -3.16. The summed E-state index contributed by atoms with van der Waals surface area (Å²) in [5, 5.41) is 6.07. The van der Waals surface area contributed by atoms with E-state index in [0.717, 1.165) is 30.8 Å². The molecule has 2 aliphatic rings. The summed E-state index contributed by atoms with van der Waals surface area (Å²) in [6, 6.07) is 7.83. The zero-order chi connectivity index (χ0) is 15.6. The van der Waals surface area contributed by atoms with E-state index >= 15 is 0 Å². The monoisotopic (exact) mass is 321 g/mol. The van der Waals surface area contributed by atoms with Crippen LogP contribution in [-0.4, -0.2) is 39.2 Å². The van der Waals surface area contributed by atoms with Crippen molar-refractivity contribution in [2.24, 2.45) is 17.6 Å². The van der Waals surface area contributed by atoms with Gasteiger partial charge in [-0.1, -0.05) is 36.4 Å². The van der Waals surface area contributed by atoms with Gasteiger partial charge in [0.1, 0.15) is 5.37 Å². The van der Waals surface area contributed by atoms with Crippen LogP contribution in [0.3, 0.4) is 0 Å². The lowest BCUT2D eigenvalue weighted by atomic mass is 10.0. The Labute approximate surface area is 131 Å². The van der Waals surface area contributed by atoms with Crippen molar-refractivity contribution in [1.82, 2.24) is 10.6 Å². The van der Waals surface area contributed by atoms with E-state index < -0.39 is 15.2 Å². The highest BCUT2D eigenvalue weighted by Gasteiger charge is 2.44. The van der Waals surface area contributed by atoms with Gasteiger partial charge in [0, 0.05) is 25.6 Å². The van der Waals surface area contributed by atoms with Gasteiger partial charge in [0.25, 0.3) is 0 Å². The molecule has 4 N–H and O–H groups in total. The molecule has 3 rings (SSSR count). The number of benzene rings is 1. The number of hydrogen-bond acceptors (Lipinski definition) is 5. The number of rotatable bonds is 5. The molecule has 2 heterocycles. The summed E-state index contributed by atoms with van der Waals surface area (Å²) >= 11 is 0. The Hall–Kier alpha value is -1.21. The number of hydrogen-bond donors (Lipinski definition) is 3. The third kappa shape index (κ3) is 3.25. The van der Waals surface area contributed by atoms with Crippen LogP contribution < -0.4 is 16.4 Å². The minimum Gasteiger partial charge on any atom is -0.326 e. The van der Waals surface area contributed by atoms with Crippen molar-refractivity contribution in [1.29, 1.82) is 0 Å². The normalized spacial score (nSPS) is 28.3. The van der Waals surface area contributed by atoms with Crippen LogP contribution in [0.2, 0.25) is 0 Å². The summed E-state index contributed by atoms with van der Waals surface area (Å²) in [5.74, 6) is 0.738. The Morgan fingerprint density at radius 3 is 2.68 bits per heavy atom. The summed E-state index contributed by atoms with van der Waals surface area (Å²) in [6.07, 6.45) is 3.60. The van der Waals surface area contributed by atoms with Gasteiger partial charge < -0.3 is 16.4 Å². The second-order valence-corrected chi connectivity index (χ2v) is 8.26. The first-order valence-electron chi connectivity index (χ1n) is 7.71. The van der Waals surface area contributed by atoms with E-state index in [0.29, 0.717) is 12.5 Å². The highest BCUT2D eigenvalue weighted by Crippen LogP contribution is 2.29. The molecule has 0 aromatic heterocycles. The van der Waals surface area contributed by atoms with Gasteiger partial charge in [0.2, 0.25) is 0 Å². The van der Waals surface area contributed by atoms with Crippen molar-refractivity contribution < 1.29 is 8.42 Å². The Bertz CT molecular complexity index is 640. The summed E-state index contributed by atoms with van der Waals surface area (Å²) in [7, 11) is -3.16. The predicted molar refractivity (Wildman–Crippen MR) is 88.8 cm³/mol. The Morgan fingerprint density at radius 1 is 1.18 bits per heavy atom. The first-order chi connectivity index (χ1) is 10.6. The molecule has 6 heteroatoms. The van der Waals surface area contributed by atoms with Crippen LogP contribution in [0.25, 0.3) is 6.08 Å².